The van der Waals surface area contributed by atoms with E-state index < -0.39 is 10.0 Å². The summed E-state index contributed by atoms with van der Waals surface area (Å²) in [5.74, 6) is -0.160. The highest BCUT2D eigenvalue weighted by Gasteiger charge is 2.18. The molecule has 0 spiro atoms. The van der Waals surface area contributed by atoms with Gasteiger partial charge in [-0.05, 0) is 42.0 Å². The lowest BCUT2D eigenvalue weighted by Gasteiger charge is -2.18. The number of hydrogen-bond donors (Lipinski definition) is 0. The van der Waals surface area contributed by atoms with Crippen LogP contribution >= 0.6 is 15.9 Å². The molecule has 1 amide bonds. The van der Waals surface area contributed by atoms with E-state index in [9.17, 15) is 13.2 Å². The van der Waals surface area contributed by atoms with Crippen LogP contribution in [0.4, 0.5) is 0 Å². The molecule has 0 saturated heterocycles. The maximum atomic E-state index is 12.5. The molecule has 0 aliphatic heterocycles. The van der Waals surface area contributed by atoms with Gasteiger partial charge in [-0.1, -0.05) is 28.1 Å². The summed E-state index contributed by atoms with van der Waals surface area (Å²) in [6.45, 7) is 0.476. The molecule has 0 saturated carbocycles. The van der Waals surface area contributed by atoms with Crippen LogP contribution in [0, 0.1) is 0 Å². The summed E-state index contributed by atoms with van der Waals surface area (Å²) in [5, 5.41) is 0. The van der Waals surface area contributed by atoms with Gasteiger partial charge in [0.2, 0.25) is 10.0 Å². The lowest BCUT2D eigenvalue weighted by atomic mass is 10.1. The number of halogens is 1. The van der Waals surface area contributed by atoms with E-state index in [-0.39, 0.29) is 10.8 Å². The average molecular weight is 411 g/mol. The fourth-order valence-electron chi connectivity index (χ4n) is 2.14. The Morgan fingerprint density at radius 3 is 2.00 bits per heavy atom. The second-order valence-corrected chi connectivity index (χ2v) is 8.67. The molecule has 0 bridgehead atoms. The zero-order chi connectivity index (χ0) is 17.9. The standard InChI is InChI=1S/C17H19BrN2O3S/c1-19(2)24(22,23)16-10-6-14(7-11-16)17(21)20(3)12-13-4-8-15(18)9-5-13/h4-11H,12H2,1-3H3. The van der Waals surface area contributed by atoms with Crippen LogP contribution in [0.3, 0.4) is 0 Å². The summed E-state index contributed by atoms with van der Waals surface area (Å²) in [7, 11) is 1.17. The number of amides is 1. The van der Waals surface area contributed by atoms with Crippen LogP contribution in [0.15, 0.2) is 57.9 Å². The van der Waals surface area contributed by atoms with Gasteiger partial charge in [0, 0.05) is 37.7 Å². The van der Waals surface area contributed by atoms with Crippen molar-refractivity contribution in [2.24, 2.45) is 0 Å². The van der Waals surface area contributed by atoms with Gasteiger partial charge in [0.25, 0.3) is 5.91 Å². The molecular formula is C17H19BrN2O3S. The smallest absolute Gasteiger partial charge is 0.253 e. The van der Waals surface area contributed by atoms with Crippen LogP contribution in [0.25, 0.3) is 0 Å². The Morgan fingerprint density at radius 2 is 1.50 bits per heavy atom. The first kappa shape index (κ1) is 18.6. The molecule has 0 atom stereocenters. The molecular weight excluding hydrogens is 392 g/mol. The van der Waals surface area contributed by atoms with Gasteiger partial charge in [-0.15, -0.1) is 0 Å². The normalized spacial score (nSPS) is 11.5. The van der Waals surface area contributed by atoms with Crippen LogP contribution < -0.4 is 0 Å². The van der Waals surface area contributed by atoms with Crippen molar-refractivity contribution in [3.63, 3.8) is 0 Å². The number of hydrogen-bond acceptors (Lipinski definition) is 3. The SMILES string of the molecule is CN(Cc1ccc(Br)cc1)C(=O)c1ccc(S(=O)(=O)N(C)C)cc1. The molecule has 5 nitrogen and oxygen atoms in total. The van der Waals surface area contributed by atoms with Crippen molar-refractivity contribution in [2.75, 3.05) is 21.1 Å². The number of benzene rings is 2. The summed E-state index contributed by atoms with van der Waals surface area (Å²) in [5.41, 5.74) is 1.47. The summed E-state index contributed by atoms with van der Waals surface area (Å²) >= 11 is 3.38. The minimum Gasteiger partial charge on any atom is -0.337 e. The predicted octanol–water partition coefficient (Wildman–Crippen LogP) is 2.97. The number of nitrogens with zero attached hydrogens (tertiary/aromatic N) is 2. The molecule has 128 valence electrons. The number of rotatable bonds is 5. The maximum Gasteiger partial charge on any atom is 0.253 e. The van der Waals surface area contributed by atoms with Crippen LogP contribution in [0.1, 0.15) is 15.9 Å². The second-order valence-electron chi connectivity index (χ2n) is 5.60. The van der Waals surface area contributed by atoms with Crippen molar-refractivity contribution in [3.05, 3.63) is 64.1 Å². The Morgan fingerprint density at radius 1 is 0.958 bits per heavy atom. The fourth-order valence-corrected chi connectivity index (χ4v) is 3.30. The van der Waals surface area contributed by atoms with Crippen molar-refractivity contribution in [2.45, 2.75) is 11.4 Å². The van der Waals surface area contributed by atoms with Crippen LogP contribution in [-0.4, -0.2) is 44.7 Å². The molecule has 0 radical (unpaired) electrons. The Kier molecular flexibility index (Phi) is 5.79. The van der Waals surface area contributed by atoms with Gasteiger partial charge in [-0.3, -0.25) is 4.79 Å². The lowest BCUT2D eigenvalue weighted by Crippen LogP contribution is -2.26. The average Bonchev–Trinajstić information content (AvgIpc) is 2.56. The largest absolute Gasteiger partial charge is 0.337 e. The second kappa shape index (κ2) is 7.46. The van der Waals surface area contributed by atoms with Gasteiger partial charge >= 0.3 is 0 Å². The van der Waals surface area contributed by atoms with Gasteiger partial charge in [-0.2, -0.15) is 0 Å². The van der Waals surface area contributed by atoms with Gasteiger partial charge in [0.1, 0.15) is 0 Å². The molecule has 7 heteroatoms. The molecule has 2 aromatic rings. The first-order chi connectivity index (χ1) is 11.2. The van der Waals surface area contributed by atoms with Crippen molar-refractivity contribution < 1.29 is 13.2 Å². The Hall–Kier alpha value is -1.70. The highest BCUT2D eigenvalue weighted by molar-refractivity contribution is 9.10. The molecule has 0 aliphatic rings. The van der Waals surface area contributed by atoms with Gasteiger partial charge in [0.15, 0.2) is 0 Å². The highest BCUT2D eigenvalue weighted by atomic mass is 79.9. The molecule has 2 aromatic carbocycles. The predicted molar refractivity (Wildman–Crippen MR) is 97.3 cm³/mol. The lowest BCUT2D eigenvalue weighted by molar-refractivity contribution is 0.0785. The summed E-state index contributed by atoms with van der Waals surface area (Å²) in [6, 6.07) is 13.7. The molecule has 0 unspecified atom stereocenters. The van der Waals surface area contributed by atoms with Crippen molar-refractivity contribution >= 4 is 31.9 Å². The fraction of sp³-hybridized carbons (Fsp3) is 0.235. The third-order valence-corrected chi connectivity index (χ3v) is 5.92. The molecule has 0 aromatic heterocycles. The van der Waals surface area contributed by atoms with E-state index in [4.69, 9.17) is 0 Å². The maximum absolute atomic E-state index is 12.5. The number of sulfonamides is 1. The van der Waals surface area contributed by atoms with E-state index in [2.05, 4.69) is 15.9 Å². The van der Waals surface area contributed by atoms with Gasteiger partial charge < -0.3 is 4.90 Å². The van der Waals surface area contributed by atoms with Crippen LogP contribution in [0.2, 0.25) is 0 Å². The Labute approximate surface area is 151 Å². The van der Waals surface area contributed by atoms with E-state index in [1.807, 2.05) is 24.3 Å². The van der Waals surface area contributed by atoms with E-state index in [0.29, 0.717) is 12.1 Å². The number of carbonyl (C=O) groups excluding carboxylic acids is 1. The topological polar surface area (TPSA) is 57.7 Å². The molecule has 0 aliphatic carbocycles. The summed E-state index contributed by atoms with van der Waals surface area (Å²) in [6.07, 6.45) is 0. The van der Waals surface area contributed by atoms with Crippen LogP contribution in [0.5, 0.6) is 0 Å². The van der Waals surface area contributed by atoms with E-state index in [1.54, 1.807) is 11.9 Å². The first-order valence-corrected chi connectivity index (χ1v) is 9.47. The Balaban J connectivity index is 2.13. The first-order valence-electron chi connectivity index (χ1n) is 7.24. The third kappa shape index (κ3) is 4.23. The van der Waals surface area contributed by atoms with E-state index in [0.717, 1.165) is 14.3 Å². The summed E-state index contributed by atoms with van der Waals surface area (Å²) in [4.78, 5) is 14.2. The van der Waals surface area contributed by atoms with E-state index >= 15 is 0 Å². The molecule has 24 heavy (non-hydrogen) atoms. The van der Waals surface area contributed by atoms with Crippen molar-refractivity contribution in [1.82, 2.24) is 9.21 Å². The van der Waals surface area contributed by atoms with Crippen LogP contribution in [-0.2, 0) is 16.6 Å². The molecule has 2 rings (SSSR count). The third-order valence-electron chi connectivity index (χ3n) is 3.56. The zero-order valence-corrected chi connectivity index (χ0v) is 16.1. The monoisotopic (exact) mass is 410 g/mol. The minimum atomic E-state index is -3.49. The minimum absolute atomic E-state index is 0.160. The van der Waals surface area contributed by atoms with Gasteiger partial charge in [0.05, 0.1) is 4.90 Å². The summed E-state index contributed by atoms with van der Waals surface area (Å²) < 4.78 is 26.2. The quantitative estimate of drug-likeness (QED) is 0.760. The van der Waals surface area contributed by atoms with Gasteiger partial charge in [-0.25, -0.2) is 12.7 Å². The molecule has 0 heterocycles. The number of carbonyl (C=O) groups is 1. The molecule has 0 N–H and O–H groups in total. The van der Waals surface area contributed by atoms with Crippen molar-refractivity contribution in [1.29, 1.82) is 0 Å². The van der Waals surface area contributed by atoms with E-state index in [1.165, 1.54) is 38.4 Å². The zero-order valence-electron chi connectivity index (χ0n) is 13.7. The Bertz CT molecular complexity index is 816. The highest BCUT2D eigenvalue weighted by Crippen LogP contribution is 2.16. The van der Waals surface area contributed by atoms with Crippen molar-refractivity contribution in [3.8, 4) is 0 Å². The molecule has 0 fully saturated rings.